The van der Waals surface area contributed by atoms with Gasteiger partial charge < -0.3 is 9.15 Å². The lowest BCUT2D eigenvalue weighted by Crippen LogP contribution is -1.75. The second-order valence-corrected chi connectivity index (χ2v) is 3.86. The first kappa shape index (κ1) is 9.97. The predicted octanol–water partition coefficient (Wildman–Crippen LogP) is 4.20. The Morgan fingerprint density at radius 1 is 1.00 bits per heavy atom. The van der Waals surface area contributed by atoms with Gasteiger partial charge in [0.15, 0.2) is 0 Å². The zero-order valence-electron chi connectivity index (χ0n) is 9.51. The molecule has 0 radical (unpaired) electrons. The molecule has 3 rings (SSSR count). The van der Waals surface area contributed by atoms with Gasteiger partial charge in [0.25, 0.3) is 0 Å². The number of hydrogen-bond acceptors (Lipinski definition) is 2. The lowest BCUT2D eigenvalue weighted by Gasteiger charge is -1.96. The van der Waals surface area contributed by atoms with E-state index in [4.69, 9.17) is 9.15 Å². The fraction of sp³-hybridized carbons (Fsp3) is 0.0667. The van der Waals surface area contributed by atoms with Crippen LogP contribution in [0.1, 0.15) is 5.56 Å². The first-order chi connectivity index (χ1) is 8.40. The van der Waals surface area contributed by atoms with E-state index in [0.29, 0.717) is 0 Å². The molecular weight excluding hydrogens is 212 g/mol. The Morgan fingerprint density at radius 3 is 2.71 bits per heavy atom. The summed E-state index contributed by atoms with van der Waals surface area (Å²) in [6.07, 6.45) is 3.63. The first-order valence-corrected chi connectivity index (χ1v) is 5.50. The van der Waals surface area contributed by atoms with Crippen molar-refractivity contribution in [2.75, 3.05) is 7.11 Å². The summed E-state index contributed by atoms with van der Waals surface area (Å²) in [5.74, 6) is 0. The van der Waals surface area contributed by atoms with Crippen molar-refractivity contribution in [1.29, 1.82) is 0 Å². The molecule has 0 aliphatic rings. The van der Waals surface area contributed by atoms with Crippen molar-refractivity contribution in [3.8, 4) is 0 Å². The Bertz CT molecular complexity index is 692. The van der Waals surface area contributed by atoms with E-state index >= 15 is 0 Å². The van der Waals surface area contributed by atoms with Crippen LogP contribution in [-0.2, 0) is 4.74 Å². The number of rotatable bonds is 2. The summed E-state index contributed by atoms with van der Waals surface area (Å²) in [5.41, 5.74) is 2.93. The van der Waals surface area contributed by atoms with Gasteiger partial charge in [0.1, 0.15) is 11.2 Å². The number of fused-ring (bicyclic) bond motifs is 3. The fourth-order valence-corrected chi connectivity index (χ4v) is 2.08. The molecule has 0 atom stereocenters. The standard InChI is InChI=1S/C15H12O2/c1-16-10-9-11-5-4-8-14-15(11)12-6-2-3-7-13(12)17-14/h2-10H,1H3. The molecule has 0 bridgehead atoms. The third kappa shape index (κ3) is 1.58. The molecule has 0 saturated carbocycles. The molecule has 84 valence electrons. The summed E-state index contributed by atoms with van der Waals surface area (Å²) in [4.78, 5) is 0. The molecule has 0 aliphatic carbocycles. The Hall–Kier alpha value is -2.22. The highest BCUT2D eigenvalue weighted by Gasteiger charge is 2.08. The van der Waals surface area contributed by atoms with Gasteiger partial charge in [-0.25, -0.2) is 0 Å². The molecule has 17 heavy (non-hydrogen) atoms. The van der Waals surface area contributed by atoms with Crippen molar-refractivity contribution in [2.24, 2.45) is 0 Å². The minimum atomic E-state index is 0.907. The van der Waals surface area contributed by atoms with Gasteiger partial charge in [-0.3, -0.25) is 0 Å². The lowest BCUT2D eigenvalue weighted by atomic mass is 10.1. The molecule has 1 heterocycles. The van der Waals surface area contributed by atoms with Crippen LogP contribution in [0.3, 0.4) is 0 Å². The van der Waals surface area contributed by atoms with Crippen LogP contribution in [0.25, 0.3) is 28.0 Å². The minimum absolute atomic E-state index is 0.907. The molecule has 0 aliphatic heterocycles. The molecule has 0 saturated heterocycles. The molecule has 3 aromatic rings. The largest absolute Gasteiger partial charge is 0.504 e. The molecule has 1 aromatic heterocycles. The van der Waals surface area contributed by atoms with E-state index in [2.05, 4.69) is 12.1 Å². The van der Waals surface area contributed by atoms with E-state index in [1.807, 2.05) is 36.4 Å². The summed E-state index contributed by atoms with van der Waals surface area (Å²) >= 11 is 0. The van der Waals surface area contributed by atoms with Crippen LogP contribution in [-0.4, -0.2) is 7.11 Å². The Labute approximate surface area is 99.1 Å². The maximum atomic E-state index is 5.80. The highest BCUT2D eigenvalue weighted by atomic mass is 16.5. The first-order valence-electron chi connectivity index (χ1n) is 5.50. The van der Waals surface area contributed by atoms with E-state index in [0.717, 1.165) is 27.5 Å². The third-order valence-electron chi connectivity index (χ3n) is 2.82. The summed E-state index contributed by atoms with van der Waals surface area (Å²) in [7, 11) is 1.64. The van der Waals surface area contributed by atoms with E-state index in [9.17, 15) is 0 Å². The van der Waals surface area contributed by atoms with Crippen LogP contribution >= 0.6 is 0 Å². The predicted molar refractivity (Wildman–Crippen MR) is 69.8 cm³/mol. The van der Waals surface area contributed by atoms with Gasteiger partial charge in [-0.1, -0.05) is 30.3 Å². The van der Waals surface area contributed by atoms with E-state index in [1.165, 1.54) is 0 Å². The van der Waals surface area contributed by atoms with Crippen LogP contribution < -0.4 is 0 Å². The Morgan fingerprint density at radius 2 is 1.82 bits per heavy atom. The highest BCUT2D eigenvalue weighted by Crippen LogP contribution is 2.31. The van der Waals surface area contributed by atoms with Crippen molar-refractivity contribution < 1.29 is 9.15 Å². The SMILES string of the molecule is COC=Cc1cccc2oc3ccccc3c12. The van der Waals surface area contributed by atoms with Crippen molar-refractivity contribution in [1.82, 2.24) is 0 Å². The smallest absolute Gasteiger partial charge is 0.136 e. The van der Waals surface area contributed by atoms with Crippen molar-refractivity contribution in [3.05, 3.63) is 54.3 Å². The van der Waals surface area contributed by atoms with E-state index < -0.39 is 0 Å². The molecule has 0 amide bonds. The monoisotopic (exact) mass is 224 g/mol. The molecule has 2 aromatic carbocycles. The number of methoxy groups -OCH3 is 1. The normalized spacial score (nSPS) is 11.6. The van der Waals surface area contributed by atoms with Gasteiger partial charge in [0, 0.05) is 10.8 Å². The van der Waals surface area contributed by atoms with Gasteiger partial charge in [0.2, 0.25) is 0 Å². The molecule has 0 fully saturated rings. The zero-order valence-corrected chi connectivity index (χ0v) is 9.51. The Balaban J connectivity index is 2.39. The van der Waals surface area contributed by atoms with Crippen molar-refractivity contribution in [2.45, 2.75) is 0 Å². The quantitative estimate of drug-likeness (QED) is 0.608. The molecule has 2 nitrogen and oxygen atoms in total. The second-order valence-electron chi connectivity index (χ2n) is 3.86. The van der Waals surface area contributed by atoms with Crippen LogP contribution in [0.15, 0.2) is 53.1 Å². The molecule has 0 unspecified atom stereocenters. The molecule has 2 heteroatoms. The van der Waals surface area contributed by atoms with Crippen LogP contribution in [0, 0.1) is 0 Å². The molecule has 0 spiro atoms. The number of ether oxygens (including phenoxy) is 1. The van der Waals surface area contributed by atoms with Gasteiger partial charge in [-0.2, -0.15) is 0 Å². The Kier molecular flexibility index (Phi) is 2.33. The van der Waals surface area contributed by atoms with E-state index in [1.54, 1.807) is 13.4 Å². The van der Waals surface area contributed by atoms with E-state index in [-0.39, 0.29) is 0 Å². The zero-order chi connectivity index (χ0) is 11.7. The van der Waals surface area contributed by atoms with Crippen molar-refractivity contribution in [3.63, 3.8) is 0 Å². The van der Waals surface area contributed by atoms with Crippen LogP contribution in [0.2, 0.25) is 0 Å². The topological polar surface area (TPSA) is 22.4 Å². The number of para-hydroxylation sites is 1. The van der Waals surface area contributed by atoms with Crippen LogP contribution in [0.5, 0.6) is 0 Å². The molecule has 0 N–H and O–H groups in total. The second kappa shape index (κ2) is 3.98. The average Bonchev–Trinajstić information content (AvgIpc) is 2.75. The van der Waals surface area contributed by atoms with Gasteiger partial charge in [0.05, 0.1) is 13.4 Å². The summed E-state index contributed by atoms with van der Waals surface area (Å²) in [5, 5.41) is 2.27. The maximum absolute atomic E-state index is 5.80. The minimum Gasteiger partial charge on any atom is -0.504 e. The third-order valence-corrected chi connectivity index (χ3v) is 2.82. The number of hydrogen-bond donors (Lipinski definition) is 0. The maximum Gasteiger partial charge on any atom is 0.136 e. The van der Waals surface area contributed by atoms with Gasteiger partial charge >= 0.3 is 0 Å². The van der Waals surface area contributed by atoms with Gasteiger partial charge in [-0.15, -0.1) is 0 Å². The van der Waals surface area contributed by atoms with Crippen molar-refractivity contribution >= 4 is 28.0 Å². The molecular formula is C15H12O2. The fourth-order valence-electron chi connectivity index (χ4n) is 2.08. The summed E-state index contributed by atoms with van der Waals surface area (Å²) < 4.78 is 10.8. The summed E-state index contributed by atoms with van der Waals surface area (Å²) in [6.45, 7) is 0. The van der Waals surface area contributed by atoms with Crippen LogP contribution in [0.4, 0.5) is 0 Å². The number of benzene rings is 2. The highest BCUT2D eigenvalue weighted by molar-refractivity contribution is 6.08. The number of furan rings is 1. The average molecular weight is 224 g/mol. The lowest BCUT2D eigenvalue weighted by molar-refractivity contribution is 0.341. The summed E-state index contributed by atoms with van der Waals surface area (Å²) in [6, 6.07) is 14.1. The van der Waals surface area contributed by atoms with Gasteiger partial charge in [-0.05, 0) is 23.8 Å².